The first-order chi connectivity index (χ1) is 7.29. The van der Waals surface area contributed by atoms with Crippen molar-refractivity contribution < 1.29 is 13.9 Å². The molecule has 2 atom stereocenters. The normalized spacial score (nSPS) is 25.7. The predicted octanol–water partition coefficient (Wildman–Crippen LogP) is 1.59. The number of hydrogen-bond donors (Lipinski definition) is 1. The van der Waals surface area contributed by atoms with Gasteiger partial charge in [-0.05, 0) is 25.1 Å². The summed E-state index contributed by atoms with van der Waals surface area (Å²) in [5, 5.41) is 0. The standard InChI is InChI=1S/C11H14FNO2/c12-9-3-1-2-8(6-9)11-14-7-10(15-11)4-5-13/h1-3,6,10-11H,4-5,7,13H2. The fraction of sp³-hybridized carbons (Fsp3) is 0.455. The van der Waals surface area contributed by atoms with Crippen LogP contribution in [0.5, 0.6) is 0 Å². The van der Waals surface area contributed by atoms with Gasteiger partial charge in [-0.2, -0.15) is 0 Å². The maximum atomic E-state index is 12.9. The highest BCUT2D eigenvalue weighted by atomic mass is 19.1. The Morgan fingerprint density at radius 1 is 1.47 bits per heavy atom. The van der Waals surface area contributed by atoms with E-state index in [0.717, 1.165) is 12.0 Å². The number of nitrogens with two attached hydrogens (primary N) is 1. The van der Waals surface area contributed by atoms with Crippen molar-refractivity contribution in [1.82, 2.24) is 0 Å². The van der Waals surface area contributed by atoms with Crippen LogP contribution in [0.15, 0.2) is 24.3 Å². The number of hydrogen-bond acceptors (Lipinski definition) is 3. The molecule has 1 aromatic carbocycles. The molecule has 15 heavy (non-hydrogen) atoms. The van der Waals surface area contributed by atoms with Crippen LogP contribution in [0.25, 0.3) is 0 Å². The molecule has 1 saturated heterocycles. The molecule has 0 aromatic heterocycles. The van der Waals surface area contributed by atoms with E-state index in [1.54, 1.807) is 12.1 Å². The molecule has 1 heterocycles. The number of rotatable bonds is 3. The van der Waals surface area contributed by atoms with Gasteiger partial charge in [0.15, 0.2) is 6.29 Å². The Kier molecular flexibility index (Phi) is 3.30. The van der Waals surface area contributed by atoms with Crippen molar-refractivity contribution in [2.45, 2.75) is 18.8 Å². The SMILES string of the molecule is NCCC1COC(c2cccc(F)c2)O1. The molecule has 1 fully saturated rings. The Morgan fingerprint density at radius 2 is 2.33 bits per heavy atom. The Balaban J connectivity index is 2.01. The third kappa shape index (κ3) is 2.53. The Bertz CT molecular complexity index is 332. The van der Waals surface area contributed by atoms with Crippen LogP contribution in [-0.4, -0.2) is 19.3 Å². The first-order valence-electron chi connectivity index (χ1n) is 5.02. The van der Waals surface area contributed by atoms with Gasteiger partial charge in [-0.1, -0.05) is 12.1 Å². The monoisotopic (exact) mass is 211 g/mol. The van der Waals surface area contributed by atoms with Gasteiger partial charge in [-0.25, -0.2) is 4.39 Å². The van der Waals surface area contributed by atoms with Gasteiger partial charge in [0.05, 0.1) is 12.7 Å². The van der Waals surface area contributed by atoms with Crippen molar-refractivity contribution >= 4 is 0 Å². The molecule has 0 saturated carbocycles. The number of halogens is 1. The van der Waals surface area contributed by atoms with Crippen LogP contribution in [0.1, 0.15) is 18.3 Å². The molecule has 2 unspecified atom stereocenters. The van der Waals surface area contributed by atoms with Gasteiger partial charge in [0.1, 0.15) is 5.82 Å². The zero-order chi connectivity index (χ0) is 10.7. The second-order valence-corrected chi connectivity index (χ2v) is 3.56. The molecule has 0 spiro atoms. The first-order valence-corrected chi connectivity index (χ1v) is 5.02. The second-order valence-electron chi connectivity index (χ2n) is 3.56. The lowest BCUT2D eigenvalue weighted by Gasteiger charge is -2.10. The minimum Gasteiger partial charge on any atom is -0.346 e. The highest BCUT2D eigenvalue weighted by molar-refractivity contribution is 5.18. The van der Waals surface area contributed by atoms with E-state index in [0.29, 0.717) is 13.2 Å². The summed E-state index contributed by atoms with van der Waals surface area (Å²) in [7, 11) is 0. The summed E-state index contributed by atoms with van der Waals surface area (Å²) in [6.45, 7) is 1.10. The lowest BCUT2D eigenvalue weighted by atomic mass is 10.2. The average Bonchev–Trinajstić information content (AvgIpc) is 2.67. The molecule has 3 nitrogen and oxygen atoms in total. The summed E-state index contributed by atoms with van der Waals surface area (Å²) < 4.78 is 23.9. The third-order valence-corrected chi connectivity index (χ3v) is 2.36. The van der Waals surface area contributed by atoms with Gasteiger partial charge in [0.25, 0.3) is 0 Å². The van der Waals surface area contributed by atoms with Crippen LogP contribution in [0.2, 0.25) is 0 Å². The van der Waals surface area contributed by atoms with Crippen LogP contribution in [0.3, 0.4) is 0 Å². The Hall–Kier alpha value is -0.970. The van der Waals surface area contributed by atoms with Crippen molar-refractivity contribution in [1.29, 1.82) is 0 Å². The van der Waals surface area contributed by atoms with Crippen LogP contribution in [0.4, 0.5) is 4.39 Å². The molecule has 1 aromatic rings. The van der Waals surface area contributed by atoms with Gasteiger partial charge < -0.3 is 15.2 Å². The second kappa shape index (κ2) is 4.70. The molecule has 1 aliphatic rings. The summed E-state index contributed by atoms with van der Waals surface area (Å²) >= 11 is 0. The van der Waals surface area contributed by atoms with Crippen molar-refractivity contribution in [3.63, 3.8) is 0 Å². The van der Waals surface area contributed by atoms with E-state index in [9.17, 15) is 4.39 Å². The highest BCUT2D eigenvalue weighted by Crippen LogP contribution is 2.28. The first kappa shape index (κ1) is 10.5. The van der Waals surface area contributed by atoms with E-state index in [2.05, 4.69) is 0 Å². The molecular formula is C11H14FNO2. The molecule has 2 N–H and O–H groups in total. The Labute approximate surface area is 88.0 Å². The summed E-state index contributed by atoms with van der Waals surface area (Å²) in [6.07, 6.45) is 0.353. The quantitative estimate of drug-likeness (QED) is 0.825. The van der Waals surface area contributed by atoms with E-state index in [1.807, 2.05) is 0 Å². The Morgan fingerprint density at radius 3 is 3.07 bits per heavy atom. The third-order valence-electron chi connectivity index (χ3n) is 2.36. The largest absolute Gasteiger partial charge is 0.346 e. The lowest BCUT2D eigenvalue weighted by molar-refractivity contribution is -0.0608. The minimum atomic E-state index is -0.447. The molecule has 82 valence electrons. The molecule has 0 aliphatic carbocycles. The summed E-state index contributed by atoms with van der Waals surface area (Å²) in [6, 6.07) is 6.26. The average molecular weight is 211 g/mol. The zero-order valence-electron chi connectivity index (χ0n) is 8.36. The molecule has 2 rings (SSSR count). The number of benzene rings is 1. The van der Waals surface area contributed by atoms with Gasteiger partial charge >= 0.3 is 0 Å². The van der Waals surface area contributed by atoms with Crippen molar-refractivity contribution in [3.8, 4) is 0 Å². The molecule has 0 bridgehead atoms. The minimum absolute atomic E-state index is 0.0308. The van der Waals surface area contributed by atoms with Gasteiger partial charge in [-0.3, -0.25) is 0 Å². The van der Waals surface area contributed by atoms with E-state index in [4.69, 9.17) is 15.2 Å². The molecule has 0 radical (unpaired) electrons. The van der Waals surface area contributed by atoms with E-state index >= 15 is 0 Å². The van der Waals surface area contributed by atoms with Crippen molar-refractivity contribution in [2.24, 2.45) is 5.73 Å². The van der Waals surface area contributed by atoms with Crippen LogP contribution >= 0.6 is 0 Å². The zero-order valence-corrected chi connectivity index (χ0v) is 8.36. The van der Waals surface area contributed by atoms with Crippen molar-refractivity contribution in [3.05, 3.63) is 35.6 Å². The molecule has 4 heteroatoms. The summed E-state index contributed by atoms with van der Waals surface area (Å²) in [4.78, 5) is 0. The summed E-state index contributed by atoms with van der Waals surface area (Å²) in [5.41, 5.74) is 6.14. The predicted molar refractivity (Wildman–Crippen MR) is 53.6 cm³/mol. The number of ether oxygens (including phenoxy) is 2. The van der Waals surface area contributed by atoms with Gasteiger partial charge in [0, 0.05) is 5.56 Å². The smallest absolute Gasteiger partial charge is 0.184 e. The maximum absolute atomic E-state index is 12.9. The summed E-state index contributed by atoms with van der Waals surface area (Å²) in [5.74, 6) is -0.276. The van der Waals surface area contributed by atoms with Gasteiger partial charge in [-0.15, -0.1) is 0 Å². The van der Waals surface area contributed by atoms with Crippen molar-refractivity contribution in [2.75, 3.05) is 13.2 Å². The van der Waals surface area contributed by atoms with Crippen LogP contribution in [-0.2, 0) is 9.47 Å². The van der Waals surface area contributed by atoms with E-state index in [1.165, 1.54) is 12.1 Å². The van der Waals surface area contributed by atoms with Gasteiger partial charge in [0.2, 0.25) is 0 Å². The van der Waals surface area contributed by atoms with E-state index < -0.39 is 6.29 Å². The van der Waals surface area contributed by atoms with Crippen LogP contribution < -0.4 is 5.73 Å². The molecule has 1 aliphatic heterocycles. The molecular weight excluding hydrogens is 197 g/mol. The fourth-order valence-electron chi connectivity index (χ4n) is 1.61. The highest BCUT2D eigenvalue weighted by Gasteiger charge is 2.26. The lowest BCUT2D eigenvalue weighted by Crippen LogP contribution is -2.15. The fourth-order valence-corrected chi connectivity index (χ4v) is 1.61. The van der Waals surface area contributed by atoms with Crippen LogP contribution in [0, 0.1) is 5.82 Å². The molecule has 0 amide bonds. The topological polar surface area (TPSA) is 44.5 Å². The van der Waals surface area contributed by atoms with E-state index in [-0.39, 0.29) is 11.9 Å². The maximum Gasteiger partial charge on any atom is 0.184 e.